The Hall–Kier alpha value is -4.67. The zero-order valence-corrected chi connectivity index (χ0v) is 25.5. The Balaban J connectivity index is 1.53. The maximum Gasteiger partial charge on any atom is 0.343 e. The fraction of sp³-hybridized carbons (Fsp3) is 0.179. The lowest BCUT2D eigenvalue weighted by atomic mass is 9.51. The molecular weight excluding hydrogens is 568 g/mol. The molecule has 0 aromatic heterocycles. The summed E-state index contributed by atoms with van der Waals surface area (Å²) < 4.78 is 12.5. The lowest BCUT2D eigenvalue weighted by Gasteiger charge is -2.51. The molecule has 5 aromatic carbocycles. The van der Waals surface area contributed by atoms with E-state index in [1.807, 2.05) is 39.0 Å². The molecule has 0 N–H and O–H groups in total. The van der Waals surface area contributed by atoms with Crippen molar-refractivity contribution in [3.63, 3.8) is 0 Å². The maximum absolute atomic E-state index is 13.6. The molecule has 8 rings (SSSR count). The summed E-state index contributed by atoms with van der Waals surface area (Å²) in [6, 6.07) is 37.5. The Labute approximate surface area is 262 Å². The van der Waals surface area contributed by atoms with E-state index in [0.29, 0.717) is 28.5 Å². The van der Waals surface area contributed by atoms with Crippen molar-refractivity contribution in [2.75, 3.05) is 0 Å². The maximum atomic E-state index is 13.6. The summed E-state index contributed by atoms with van der Waals surface area (Å²) in [6.45, 7) is 5.53. The van der Waals surface area contributed by atoms with E-state index < -0.39 is 16.8 Å². The van der Waals surface area contributed by atoms with Crippen molar-refractivity contribution >= 4 is 23.5 Å². The first-order valence-corrected chi connectivity index (χ1v) is 15.2. The molecule has 218 valence electrons. The first-order valence-electron chi connectivity index (χ1n) is 14.8. The second-order valence-electron chi connectivity index (χ2n) is 12.6. The first-order chi connectivity index (χ1) is 21.2. The fourth-order valence-electron chi connectivity index (χ4n) is 6.83. The smallest absolute Gasteiger partial charge is 0.343 e. The molecular formula is C39H31ClO4. The van der Waals surface area contributed by atoms with Crippen LogP contribution in [0.25, 0.3) is 0 Å². The number of benzene rings is 5. The molecule has 2 bridgehead atoms. The number of hydrogen-bond donors (Lipinski definition) is 0. The molecule has 5 aromatic rings. The predicted octanol–water partition coefficient (Wildman–Crippen LogP) is 8.89. The lowest BCUT2D eigenvalue weighted by Crippen LogP contribution is -2.44. The average molecular weight is 599 g/mol. The van der Waals surface area contributed by atoms with Gasteiger partial charge in [-0.3, -0.25) is 4.79 Å². The highest BCUT2D eigenvalue weighted by atomic mass is 35.5. The molecule has 0 saturated heterocycles. The zero-order chi connectivity index (χ0) is 30.6. The number of halogens is 1. The summed E-state index contributed by atoms with van der Waals surface area (Å²) in [5.41, 5.74) is 6.43. The van der Waals surface area contributed by atoms with Gasteiger partial charge < -0.3 is 9.47 Å². The van der Waals surface area contributed by atoms with E-state index in [-0.39, 0.29) is 11.9 Å². The van der Waals surface area contributed by atoms with E-state index in [1.54, 1.807) is 36.4 Å². The van der Waals surface area contributed by atoms with E-state index in [4.69, 9.17) is 21.1 Å². The molecule has 0 amide bonds. The summed E-state index contributed by atoms with van der Waals surface area (Å²) >= 11 is 6.10. The number of ether oxygens (including phenoxy) is 2. The highest BCUT2D eigenvalue weighted by molar-refractivity contribution is 6.30. The van der Waals surface area contributed by atoms with Crippen molar-refractivity contribution in [2.24, 2.45) is 5.41 Å². The molecule has 0 atom stereocenters. The Morgan fingerprint density at radius 3 is 1.89 bits per heavy atom. The van der Waals surface area contributed by atoms with Crippen molar-refractivity contribution in [1.82, 2.24) is 0 Å². The number of hydrogen-bond acceptors (Lipinski definition) is 4. The molecule has 0 heterocycles. The van der Waals surface area contributed by atoms with Crippen LogP contribution in [0.15, 0.2) is 115 Å². The summed E-state index contributed by atoms with van der Waals surface area (Å²) in [4.78, 5) is 27.0. The minimum absolute atomic E-state index is 0.216. The summed E-state index contributed by atoms with van der Waals surface area (Å²) in [6.07, 6.45) is 0.615. The third-order valence-corrected chi connectivity index (χ3v) is 9.01. The highest BCUT2D eigenvalue weighted by Gasteiger charge is 2.54. The third-order valence-electron chi connectivity index (χ3n) is 8.76. The Morgan fingerprint density at radius 2 is 1.27 bits per heavy atom. The van der Waals surface area contributed by atoms with Gasteiger partial charge in [-0.25, -0.2) is 4.79 Å². The normalized spacial score (nSPS) is 17.7. The van der Waals surface area contributed by atoms with Gasteiger partial charge in [-0.05, 0) is 91.4 Å². The van der Waals surface area contributed by atoms with Gasteiger partial charge in [0.05, 0.1) is 16.4 Å². The highest BCUT2D eigenvalue weighted by Crippen LogP contribution is 2.64. The van der Waals surface area contributed by atoms with E-state index in [2.05, 4.69) is 60.7 Å². The Morgan fingerprint density at radius 1 is 0.705 bits per heavy atom. The standard InChI is InChI=1S/C39H31ClO4/c1-38(2,3)37(42)44-31-21-22-32(43-36(41)25-17-19-26(40)20-18-25)35-34(31)33-27-13-7-9-15-29(27)39(35,23-24-11-5-4-6-12-24)30-16-10-8-14-28(30)33/h4-22,33H,23H2,1-3H3. The number of carbonyl (C=O) groups excluding carboxylic acids is 2. The molecule has 0 saturated carbocycles. The molecule has 0 radical (unpaired) electrons. The predicted molar refractivity (Wildman–Crippen MR) is 172 cm³/mol. The first kappa shape index (κ1) is 28.1. The van der Waals surface area contributed by atoms with E-state index in [0.717, 1.165) is 38.9 Å². The fourth-order valence-corrected chi connectivity index (χ4v) is 6.95. The molecule has 0 fully saturated rings. The second kappa shape index (κ2) is 10.5. The molecule has 4 nitrogen and oxygen atoms in total. The van der Waals surface area contributed by atoms with Crippen molar-refractivity contribution in [3.8, 4) is 11.5 Å². The average Bonchev–Trinajstić information content (AvgIpc) is 3.02. The molecule has 5 heteroatoms. The van der Waals surface area contributed by atoms with Crippen molar-refractivity contribution in [3.05, 3.63) is 165 Å². The van der Waals surface area contributed by atoms with E-state index in [9.17, 15) is 9.59 Å². The van der Waals surface area contributed by atoms with Crippen LogP contribution in [0.4, 0.5) is 0 Å². The number of carbonyl (C=O) groups is 2. The van der Waals surface area contributed by atoms with Gasteiger partial charge in [-0.2, -0.15) is 0 Å². The van der Waals surface area contributed by atoms with Crippen LogP contribution in [0.1, 0.15) is 76.0 Å². The van der Waals surface area contributed by atoms with Gasteiger partial charge >= 0.3 is 11.9 Å². The Kier molecular flexibility index (Phi) is 6.71. The topological polar surface area (TPSA) is 52.6 Å². The molecule has 3 aliphatic rings. The molecule has 0 aliphatic heterocycles. The molecule has 0 spiro atoms. The molecule has 0 unspecified atom stereocenters. The van der Waals surface area contributed by atoms with Crippen molar-refractivity contribution in [1.29, 1.82) is 0 Å². The van der Waals surface area contributed by atoms with Crippen LogP contribution in [0, 0.1) is 5.41 Å². The van der Waals surface area contributed by atoms with E-state index in [1.165, 1.54) is 0 Å². The van der Waals surface area contributed by atoms with Gasteiger partial charge in [0.15, 0.2) is 0 Å². The van der Waals surface area contributed by atoms with Crippen LogP contribution in [0.3, 0.4) is 0 Å². The largest absolute Gasteiger partial charge is 0.426 e. The number of rotatable bonds is 5. The van der Waals surface area contributed by atoms with Crippen LogP contribution in [-0.2, 0) is 16.6 Å². The van der Waals surface area contributed by atoms with Crippen LogP contribution in [0.2, 0.25) is 5.02 Å². The minimum atomic E-state index is -0.724. The summed E-state index contributed by atoms with van der Waals surface area (Å²) in [5, 5.41) is 0.538. The Bertz CT molecular complexity index is 1870. The quantitative estimate of drug-likeness (QED) is 0.150. The van der Waals surface area contributed by atoms with Gasteiger partial charge in [-0.15, -0.1) is 0 Å². The van der Waals surface area contributed by atoms with Gasteiger partial charge in [0.2, 0.25) is 0 Å². The molecule has 44 heavy (non-hydrogen) atoms. The van der Waals surface area contributed by atoms with Gasteiger partial charge in [0.1, 0.15) is 11.5 Å². The molecule has 3 aliphatic carbocycles. The van der Waals surface area contributed by atoms with E-state index >= 15 is 0 Å². The third kappa shape index (κ3) is 4.44. The summed E-state index contributed by atoms with van der Waals surface area (Å²) in [5.74, 6) is -0.1000. The SMILES string of the molecule is CC(C)(C)C(=O)Oc1ccc(OC(=O)c2ccc(Cl)cc2)c2c1C1c3ccccc3C2(Cc2ccccc2)c2ccccc21. The second-order valence-corrected chi connectivity index (χ2v) is 13.0. The monoisotopic (exact) mass is 598 g/mol. The van der Waals surface area contributed by atoms with Gasteiger partial charge in [-0.1, -0.05) is 90.5 Å². The summed E-state index contributed by atoms with van der Waals surface area (Å²) in [7, 11) is 0. The lowest BCUT2D eigenvalue weighted by molar-refractivity contribution is -0.143. The van der Waals surface area contributed by atoms with Crippen LogP contribution in [0.5, 0.6) is 11.5 Å². The van der Waals surface area contributed by atoms with Crippen molar-refractivity contribution in [2.45, 2.75) is 38.5 Å². The minimum Gasteiger partial charge on any atom is -0.426 e. The van der Waals surface area contributed by atoms with Crippen molar-refractivity contribution < 1.29 is 19.1 Å². The zero-order valence-electron chi connectivity index (χ0n) is 24.8. The number of esters is 2. The van der Waals surface area contributed by atoms with Gasteiger partial charge in [0, 0.05) is 22.1 Å². The van der Waals surface area contributed by atoms with Crippen LogP contribution < -0.4 is 9.47 Å². The van der Waals surface area contributed by atoms with Crippen LogP contribution >= 0.6 is 11.6 Å². The van der Waals surface area contributed by atoms with Crippen LogP contribution in [-0.4, -0.2) is 11.9 Å². The van der Waals surface area contributed by atoms with Gasteiger partial charge in [0.25, 0.3) is 0 Å².